The minimum atomic E-state index is 0.717. The van der Waals surface area contributed by atoms with Crippen molar-refractivity contribution in [3.05, 3.63) is 34.7 Å². The van der Waals surface area contributed by atoms with Gasteiger partial charge in [-0.2, -0.15) is 0 Å². The van der Waals surface area contributed by atoms with Crippen LogP contribution in [-0.2, 0) is 0 Å². The maximum atomic E-state index is 5.86. The van der Waals surface area contributed by atoms with Gasteiger partial charge in [0.05, 0.1) is 4.70 Å². The van der Waals surface area contributed by atoms with Gasteiger partial charge < -0.3 is 4.42 Å². The first-order chi connectivity index (χ1) is 6.34. The third kappa shape index (κ3) is 0.992. The Labute approximate surface area is 83.5 Å². The molecule has 0 saturated carbocycles. The molecule has 3 heteroatoms. The molecule has 1 aromatic carbocycles. The van der Waals surface area contributed by atoms with Gasteiger partial charge in [-0.05, 0) is 23.6 Å². The average Bonchev–Trinajstić information content (AvgIpc) is 2.62. The van der Waals surface area contributed by atoms with Crippen LogP contribution in [0.1, 0.15) is 0 Å². The van der Waals surface area contributed by atoms with Crippen LogP contribution in [0.5, 0.6) is 0 Å². The second-order valence-corrected chi connectivity index (χ2v) is 4.21. The van der Waals surface area contributed by atoms with Crippen LogP contribution in [0.3, 0.4) is 0 Å². The lowest BCUT2D eigenvalue weighted by Crippen LogP contribution is -1.63. The topological polar surface area (TPSA) is 13.1 Å². The first kappa shape index (κ1) is 7.42. The number of thiophene rings is 1. The minimum absolute atomic E-state index is 0.717. The molecule has 0 amide bonds. The molecule has 0 aliphatic heterocycles. The van der Waals surface area contributed by atoms with E-state index in [-0.39, 0.29) is 0 Å². The maximum Gasteiger partial charge on any atom is 0.146 e. The predicted molar refractivity (Wildman–Crippen MR) is 56.6 cm³/mol. The number of halogens is 1. The Bertz CT molecular complexity index is 579. The quantitative estimate of drug-likeness (QED) is 0.537. The molecule has 0 bridgehead atoms. The molecular weight excluding hydrogens is 204 g/mol. The summed E-state index contributed by atoms with van der Waals surface area (Å²) >= 11 is 7.55. The molecule has 3 rings (SSSR count). The minimum Gasteiger partial charge on any atom is -0.455 e. The van der Waals surface area contributed by atoms with E-state index >= 15 is 0 Å². The molecular formula is C10H5ClOS. The Kier molecular flexibility index (Phi) is 1.43. The summed E-state index contributed by atoms with van der Waals surface area (Å²) in [5, 5.41) is 3.89. The largest absolute Gasteiger partial charge is 0.455 e. The zero-order valence-corrected chi connectivity index (χ0v) is 8.15. The first-order valence-electron chi connectivity index (χ1n) is 3.90. The number of hydrogen-bond acceptors (Lipinski definition) is 2. The summed E-state index contributed by atoms with van der Waals surface area (Å²) in [7, 11) is 0. The Morgan fingerprint density at radius 2 is 2.08 bits per heavy atom. The van der Waals surface area contributed by atoms with E-state index in [1.54, 1.807) is 11.3 Å². The number of benzene rings is 1. The second kappa shape index (κ2) is 2.50. The number of furan rings is 1. The van der Waals surface area contributed by atoms with Crippen LogP contribution in [0, 0.1) is 0 Å². The van der Waals surface area contributed by atoms with Crippen molar-refractivity contribution in [3.8, 4) is 0 Å². The van der Waals surface area contributed by atoms with Crippen molar-refractivity contribution in [2.24, 2.45) is 0 Å². The fraction of sp³-hybridized carbons (Fsp3) is 0. The fourth-order valence-corrected chi connectivity index (χ4v) is 2.47. The Hall–Kier alpha value is -0.990. The monoisotopic (exact) mass is 208 g/mol. The van der Waals surface area contributed by atoms with Gasteiger partial charge >= 0.3 is 0 Å². The van der Waals surface area contributed by atoms with Crippen LogP contribution >= 0.6 is 22.9 Å². The predicted octanol–water partition coefficient (Wildman–Crippen LogP) is 4.30. The van der Waals surface area contributed by atoms with E-state index < -0.39 is 0 Å². The highest BCUT2D eigenvalue weighted by Gasteiger charge is 2.07. The van der Waals surface area contributed by atoms with Crippen molar-refractivity contribution in [1.82, 2.24) is 0 Å². The highest BCUT2D eigenvalue weighted by Crippen LogP contribution is 2.33. The van der Waals surface area contributed by atoms with Crippen LogP contribution in [0.25, 0.3) is 21.3 Å². The van der Waals surface area contributed by atoms with E-state index in [0.717, 1.165) is 16.6 Å². The molecule has 0 radical (unpaired) electrons. The molecule has 0 spiro atoms. The first-order valence-corrected chi connectivity index (χ1v) is 5.15. The van der Waals surface area contributed by atoms with Crippen molar-refractivity contribution in [2.75, 3.05) is 0 Å². The third-order valence-electron chi connectivity index (χ3n) is 2.04. The number of hydrogen-bond donors (Lipinski definition) is 0. The summed E-state index contributed by atoms with van der Waals surface area (Å²) < 4.78 is 6.80. The van der Waals surface area contributed by atoms with Crippen LogP contribution in [-0.4, -0.2) is 0 Å². The molecule has 13 heavy (non-hydrogen) atoms. The van der Waals surface area contributed by atoms with Crippen LogP contribution in [0.2, 0.25) is 5.02 Å². The molecule has 0 atom stereocenters. The van der Waals surface area contributed by atoms with Gasteiger partial charge in [-0.3, -0.25) is 0 Å². The van der Waals surface area contributed by atoms with Crippen molar-refractivity contribution in [1.29, 1.82) is 0 Å². The van der Waals surface area contributed by atoms with E-state index in [4.69, 9.17) is 16.0 Å². The van der Waals surface area contributed by atoms with Crippen LogP contribution < -0.4 is 0 Å². The molecule has 2 aromatic heterocycles. The SMILES string of the molecule is Clc1ccc2c(c1)oc1ccsc12. The molecule has 0 unspecified atom stereocenters. The molecule has 2 heterocycles. The van der Waals surface area contributed by atoms with Gasteiger partial charge in [0.15, 0.2) is 0 Å². The van der Waals surface area contributed by atoms with Crippen molar-refractivity contribution < 1.29 is 4.42 Å². The molecule has 3 aromatic rings. The van der Waals surface area contributed by atoms with E-state index in [2.05, 4.69) is 0 Å². The van der Waals surface area contributed by atoms with Crippen molar-refractivity contribution >= 4 is 44.2 Å². The highest BCUT2D eigenvalue weighted by molar-refractivity contribution is 7.18. The summed E-state index contributed by atoms with van der Waals surface area (Å²) in [6, 6.07) is 7.72. The highest BCUT2D eigenvalue weighted by atomic mass is 35.5. The zero-order chi connectivity index (χ0) is 8.84. The van der Waals surface area contributed by atoms with Crippen molar-refractivity contribution in [3.63, 3.8) is 0 Å². The van der Waals surface area contributed by atoms with Gasteiger partial charge in [0.2, 0.25) is 0 Å². The van der Waals surface area contributed by atoms with E-state index in [9.17, 15) is 0 Å². The van der Waals surface area contributed by atoms with Gasteiger partial charge in [0.25, 0.3) is 0 Å². The smallest absolute Gasteiger partial charge is 0.146 e. The lowest BCUT2D eigenvalue weighted by molar-refractivity contribution is 0.670. The molecule has 0 aliphatic rings. The summed E-state index contributed by atoms with van der Waals surface area (Å²) in [5.41, 5.74) is 1.82. The molecule has 1 nitrogen and oxygen atoms in total. The van der Waals surface area contributed by atoms with Crippen molar-refractivity contribution in [2.45, 2.75) is 0 Å². The molecule has 0 saturated heterocycles. The number of fused-ring (bicyclic) bond motifs is 3. The van der Waals surface area contributed by atoms with Gasteiger partial charge in [0.1, 0.15) is 11.2 Å². The standard InChI is InChI=1S/C10H5ClOS/c11-6-1-2-7-9(5-6)12-8-3-4-13-10(7)8/h1-5H. The van der Waals surface area contributed by atoms with Gasteiger partial charge in [-0.1, -0.05) is 11.6 Å². The summed E-state index contributed by atoms with van der Waals surface area (Å²) in [5.74, 6) is 0. The normalized spacial score (nSPS) is 11.5. The Morgan fingerprint density at radius 1 is 1.15 bits per heavy atom. The molecule has 0 N–H and O–H groups in total. The van der Waals surface area contributed by atoms with E-state index in [1.165, 1.54) is 4.70 Å². The van der Waals surface area contributed by atoms with Crippen LogP contribution in [0.15, 0.2) is 34.1 Å². The summed E-state index contributed by atoms with van der Waals surface area (Å²) in [6.07, 6.45) is 0. The summed E-state index contributed by atoms with van der Waals surface area (Å²) in [4.78, 5) is 0. The number of rotatable bonds is 0. The average molecular weight is 209 g/mol. The van der Waals surface area contributed by atoms with E-state index in [0.29, 0.717) is 5.02 Å². The maximum absolute atomic E-state index is 5.86. The third-order valence-corrected chi connectivity index (χ3v) is 3.20. The molecule has 0 aliphatic carbocycles. The van der Waals surface area contributed by atoms with Crippen LogP contribution in [0.4, 0.5) is 0 Å². The van der Waals surface area contributed by atoms with E-state index in [1.807, 2.05) is 29.6 Å². The van der Waals surface area contributed by atoms with Gasteiger partial charge in [-0.25, -0.2) is 0 Å². The Morgan fingerprint density at radius 3 is 3.00 bits per heavy atom. The van der Waals surface area contributed by atoms with Gasteiger partial charge in [-0.15, -0.1) is 11.3 Å². The lowest BCUT2D eigenvalue weighted by Gasteiger charge is -1.88. The van der Waals surface area contributed by atoms with Gasteiger partial charge in [0, 0.05) is 16.5 Å². The Balaban J connectivity index is 2.59. The second-order valence-electron chi connectivity index (χ2n) is 2.86. The summed E-state index contributed by atoms with van der Waals surface area (Å²) in [6.45, 7) is 0. The molecule has 0 fully saturated rings. The zero-order valence-electron chi connectivity index (χ0n) is 6.58. The fourth-order valence-electron chi connectivity index (χ4n) is 1.46. The molecule has 64 valence electrons. The lowest BCUT2D eigenvalue weighted by atomic mass is 10.2.